The quantitative estimate of drug-likeness (QED) is 0.791. The van der Waals surface area contributed by atoms with E-state index < -0.39 is 0 Å². The van der Waals surface area contributed by atoms with E-state index in [1.54, 1.807) is 0 Å². The van der Waals surface area contributed by atoms with Crippen LogP contribution >= 0.6 is 0 Å². The molecule has 3 nitrogen and oxygen atoms in total. The Morgan fingerprint density at radius 1 is 1.40 bits per heavy atom. The predicted molar refractivity (Wildman–Crippen MR) is 63.7 cm³/mol. The maximum Gasteiger partial charge on any atom is 0.0416 e. The van der Waals surface area contributed by atoms with Crippen LogP contribution in [0.3, 0.4) is 0 Å². The molecular weight excluding hydrogens is 186 g/mol. The lowest BCUT2D eigenvalue weighted by Gasteiger charge is -2.27. The van der Waals surface area contributed by atoms with Gasteiger partial charge in [0.2, 0.25) is 0 Å². The topological polar surface area (TPSA) is 42.1 Å². The number of nitrogens with two attached hydrogens (primary N) is 1. The number of pyridine rings is 1. The van der Waals surface area contributed by atoms with Gasteiger partial charge in [0, 0.05) is 36.9 Å². The molecule has 0 aromatic carbocycles. The molecule has 1 aromatic rings. The van der Waals surface area contributed by atoms with Crippen molar-refractivity contribution in [3.8, 4) is 0 Å². The molecule has 0 saturated heterocycles. The zero-order valence-corrected chi connectivity index (χ0v) is 9.85. The lowest BCUT2D eigenvalue weighted by molar-refractivity contribution is 0.235. The van der Waals surface area contributed by atoms with Crippen LogP contribution in [-0.2, 0) is 6.42 Å². The zero-order valence-electron chi connectivity index (χ0n) is 9.85. The third-order valence-corrected chi connectivity index (χ3v) is 2.90. The molecule has 2 atom stereocenters. The average Bonchev–Trinajstić information content (AvgIpc) is 2.26. The second-order valence-electron chi connectivity index (χ2n) is 4.15. The minimum absolute atomic E-state index is 0.207. The number of likely N-dealkylation sites (N-methyl/N-ethyl adjacent to an activating group) is 1. The van der Waals surface area contributed by atoms with Crippen molar-refractivity contribution >= 4 is 0 Å². The fourth-order valence-electron chi connectivity index (χ4n) is 1.44. The molecule has 0 aliphatic rings. The van der Waals surface area contributed by atoms with Crippen molar-refractivity contribution in [1.82, 2.24) is 9.88 Å². The van der Waals surface area contributed by atoms with E-state index >= 15 is 0 Å². The highest BCUT2D eigenvalue weighted by Gasteiger charge is 2.12. The number of rotatable bonds is 5. The van der Waals surface area contributed by atoms with E-state index in [1.165, 1.54) is 0 Å². The van der Waals surface area contributed by atoms with Crippen molar-refractivity contribution in [3.63, 3.8) is 0 Å². The summed E-state index contributed by atoms with van der Waals surface area (Å²) in [4.78, 5) is 6.57. The lowest BCUT2D eigenvalue weighted by atomic mass is 10.1. The smallest absolute Gasteiger partial charge is 0.0416 e. The highest BCUT2D eigenvalue weighted by Crippen LogP contribution is 2.02. The Hall–Kier alpha value is -0.930. The molecule has 0 saturated carbocycles. The largest absolute Gasteiger partial charge is 0.327 e. The van der Waals surface area contributed by atoms with Crippen LogP contribution in [0.5, 0.6) is 0 Å². The van der Waals surface area contributed by atoms with Gasteiger partial charge in [-0.1, -0.05) is 6.07 Å². The van der Waals surface area contributed by atoms with Gasteiger partial charge in [0.15, 0.2) is 0 Å². The zero-order chi connectivity index (χ0) is 11.3. The van der Waals surface area contributed by atoms with E-state index in [1.807, 2.05) is 25.3 Å². The SMILES string of the molecule is CC(N)C(C)N(C)CCc1ccccn1. The van der Waals surface area contributed by atoms with Crippen molar-refractivity contribution in [1.29, 1.82) is 0 Å². The van der Waals surface area contributed by atoms with Crippen LogP contribution in [0.25, 0.3) is 0 Å². The van der Waals surface area contributed by atoms with Gasteiger partial charge in [-0.25, -0.2) is 0 Å². The summed E-state index contributed by atoms with van der Waals surface area (Å²) in [5, 5.41) is 0. The Kier molecular flexibility index (Phi) is 4.72. The van der Waals surface area contributed by atoms with Crippen molar-refractivity contribution in [2.24, 2.45) is 5.73 Å². The van der Waals surface area contributed by atoms with Crippen LogP contribution in [0.15, 0.2) is 24.4 Å². The summed E-state index contributed by atoms with van der Waals surface area (Å²) in [6.45, 7) is 5.20. The van der Waals surface area contributed by atoms with Crippen LogP contribution in [0.4, 0.5) is 0 Å². The molecule has 0 bridgehead atoms. The lowest BCUT2D eigenvalue weighted by Crippen LogP contribution is -2.43. The van der Waals surface area contributed by atoms with E-state index in [0.717, 1.165) is 18.7 Å². The monoisotopic (exact) mass is 207 g/mol. The molecule has 0 amide bonds. The second-order valence-corrected chi connectivity index (χ2v) is 4.15. The fourth-order valence-corrected chi connectivity index (χ4v) is 1.44. The minimum Gasteiger partial charge on any atom is -0.327 e. The Balaban J connectivity index is 2.37. The van der Waals surface area contributed by atoms with Crippen LogP contribution in [0.2, 0.25) is 0 Å². The molecule has 1 heterocycles. The van der Waals surface area contributed by atoms with Crippen LogP contribution in [0.1, 0.15) is 19.5 Å². The van der Waals surface area contributed by atoms with Crippen molar-refractivity contribution in [3.05, 3.63) is 30.1 Å². The molecule has 3 heteroatoms. The van der Waals surface area contributed by atoms with Gasteiger partial charge in [0.05, 0.1) is 0 Å². The first-order chi connectivity index (χ1) is 7.11. The standard InChI is InChI=1S/C12H21N3/c1-10(13)11(2)15(3)9-7-12-6-4-5-8-14-12/h4-6,8,10-11H,7,9,13H2,1-3H3. The number of hydrogen-bond donors (Lipinski definition) is 1. The summed E-state index contributed by atoms with van der Waals surface area (Å²) >= 11 is 0. The van der Waals surface area contributed by atoms with Gasteiger partial charge < -0.3 is 10.6 Å². The number of nitrogens with zero attached hydrogens (tertiary/aromatic N) is 2. The fraction of sp³-hybridized carbons (Fsp3) is 0.583. The predicted octanol–water partition coefficient (Wildman–Crippen LogP) is 1.29. The van der Waals surface area contributed by atoms with Gasteiger partial charge in [0.25, 0.3) is 0 Å². The van der Waals surface area contributed by atoms with E-state index in [0.29, 0.717) is 6.04 Å². The van der Waals surface area contributed by atoms with Crippen molar-refractivity contribution in [2.75, 3.05) is 13.6 Å². The van der Waals surface area contributed by atoms with Gasteiger partial charge in [-0.3, -0.25) is 4.98 Å². The van der Waals surface area contributed by atoms with Gasteiger partial charge in [-0.05, 0) is 33.0 Å². The third-order valence-electron chi connectivity index (χ3n) is 2.90. The third kappa shape index (κ3) is 3.98. The van der Waals surface area contributed by atoms with Gasteiger partial charge >= 0.3 is 0 Å². The first-order valence-corrected chi connectivity index (χ1v) is 5.47. The highest BCUT2D eigenvalue weighted by molar-refractivity contribution is 5.03. The summed E-state index contributed by atoms with van der Waals surface area (Å²) in [5.74, 6) is 0. The summed E-state index contributed by atoms with van der Waals surface area (Å²) in [6, 6.07) is 6.65. The van der Waals surface area contributed by atoms with Crippen molar-refractivity contribution in [2.45, 2.75) is 32.4 Å². The summed E-state index contributed by atoms with van der Waals surface area (Å²) in [7, 11) is 2.11. The molecule has 0 aliphatic carbocycles. The number of hydrogen-bond acceptors (Lipinski definition) is 3. The molecule has 0 radical (unpaired) electrons. The van der Waals surface area contributed by atoms with Gasteiger partial charge in [0.1, 0.15) is 0 Å². The molecule has 15 heavy (non-hydrogen) atoms. The van der Waals surface area contributed by atoms with Gasteiger partial charge in [-0.2, -0.15) is 0 Å². The Bertz CT molecular complexity index is 271. The van der Waals surface area contributed by atoms with Gasteiger partial charge in [-0.15, -0.1) is 0 Å². The maximum atomic E-state index is 5.85. The molecule has 84 valence electrons. The van der Waals surface area contributed by atoms with E-state index in [4.69, 9.17) is 5.73 Å². The molecule has 1 aromatic heterocycles. The molecule has 0 aliphatic heterocycles. The first-order valence-electron chi connectivity index (χ1n) is 5.47. The van der Waals surface area contributed by atoms with Crippen LogP contribution in [0, 0.1) is 0 Å². The minimum atomic E-state index is 0.207. The highest BCUT2D eigenvalue weighted by atomic mass is 15.1. The second kappa shape index (κ2) is 5.83. The van der Waals surface area contributed by atoms with E-state index in [-0.39, 0.29) is 6.04 Å². The first kappa shape index (κ1) is 12.1. The Labute approximate surface area is 92.3 Å². The molecule has 2 unspecified atom stereocenters. The Morgan fingerprint density at radius 2 is 2.13 bits per heavy atom. The average molecular weight is 207 g/mol. The summed E-state index contributed by atoms with van der Waals surface area (Å²) in [5.41, 5.74) is 6.99. The summed E-state index contributed by atoms with van der Waals surface area (Å²) in [6.07, 6.45) is 2.82. The molecular formula is C12H21N3. The maximum absolute atomic E-state index is 5.85. The van der Waals surface area contributed by atoms with Crippen LogP contribution in [-0.4, -0.2) is 35.6 Å². The molecule has 0 fully saturated rings. The normalized spacial score (nSPS) is 15.3. The van der Waals surface area contributed by atoms with Crippen molar-refractivity contribution < 1.29 is 0 Å². The molecule has 2 N–H and O–H groups in total. The molecule has 0 spiro atoms. The van der Waals surface area contributed by atoms with E-state index in [2.05, 4.69) is 29.9 Å². The molecule has 1 rings (SSSR count). The Morgan fingerprint density at radius 3 is 2.67 bits per heavy atom. The number of aromatic nitrogens is 1. The summed E-state index contributed by atoms with van der Waals surface area (Å²) < 4.78 is 0. The van der Waals surface area contributed by atoms with E-state index in [9.17, 15) is 0 Å². The van der Waals surface area contributed by atoms with Crippen LogP contribution < -0.4 is 5.73 Å².